The molecule has 36 valence electrons. The first kappa shape index (κ1) is 8.95. The van der Waals surface area contributed by atoms with E-state index in [2.05, 4.69) is 0 Å². The molecule has 0 fully saturated rings. The van der Waals surface area contributed by atoms with Gasteiger partial charge >= 0.3 is 24.0 Å². The quantitative estimate of drug-likeness (QED) is 0.492. The second-order valence-corrected chi connectivity index (χ2v) is 0.249. The Hall–Kier alpha value is 1.18. The van der Waals surface area contributed by atoms with Crippen LogP contribution in [-0.2, 0) is 38.0 Å². The van der Waals surface area contributed by atoms with Crippen LogP contribution in [0.5, 0.6) is 0 Å². The molecule has 4 heteroatoms. The van der Waals surface area contributed by atoms with Gasteiger partial charge in [-0.2, -0.15) is 0 Å². The van der Waals surface area contributed by atoms with Crippen LogP contribution in [0.3, 0.4) is 0 Å². The molecule has 0 aromatic rings. The van der Waals surface area contributed by atoms with Crippen LogP contribution in [0.2, 0.25) is 0 Å². The summed E-state index contributed by atoms with van der Waals surface area (Å²) in [5.41, 5.74) is 0. The summed E-state index contributed by atoms with van der Waals surface area (Å²) in [6.07, 6.45) is 0. The third-order valence-electron chi connectivity index (χ3n) is 0. The van der Waals surface area contributed by atoms with Gasteiger partial charge < -0.3 is 0 Å². The van der Waals surface area contributed by atoms with Crippen molar-refractivity contribution in [3.63, 3.8) is 0 Å². The second kappa shape index (κ2) is 8.89. The molecule has 0 spiro atoms. The molecule has 0 saturated heterocycles. The summed E-state index contributed by atoms with van der Waals surface area (Å²) >= 11 is -0.188. The predicted octanol–water partition coefficient (Wildman–Crippen LogP) is -1.12. The monoisotopic (exact) mass is 204 g/mol. The normalized spacial score (nSPS) is 5.50. The molecule has 0 atom stereocenters. The van der Waals surface area contributed by atoms with Crippen LogP contribution in [-0.4, -0.2) is 8.38 Å². The summed E-state index contributed by atoms with van der Waals surface area (Å²) in [4.78, 5) is 0. The third kappa shape index (κ3) is 10.9. The van der Waals surface area contributed by atoms with Gasteiger partial charge in [0.2, 0.25) is 0 Å². The molecule has 0 bridgehead atoms. The Labute approximate surface area is 46.5 Å². The molecule has 0 aromatic heterocycles. The average Bonchev–Trinajstić information content (AvgIpc) is 0.918. The van der Waals surface area contributed by atoms with Gasteiger partial charge in [-0.1, -0.05) is 0 Å². The maximum atomic E-state index is 7.03. The van der Waals surface area contributed by atoms with E-state index in [0.717, 1.165) is 0 Å². The van der Waals surface area contributed by atoms with Crippen LogP contribution in [0.15, 0.2) is 0 Å². The zero-order valence-electron chi connectivity index (χ0n) is 1.50. The molecule has 0 unspecified atom stereocenters. The van der Waals surface area contributed by atoms with Crippen molar-refractivity contribution < 1.29 is 46.4 Å². The van der Waals surface area contributed by atoms with E-state index in [9.17, 15) is 0 Å². The molecular weight excluding hydrogens is 203 g/mol. The molecule has 0 heterocycles. The van der Waals surface area contributed by atoms with Crippen molar-refractivity contribution in [2.24, 2.45) is 0 Å². The first-order valence-electron chi connectivity index (χ1n) is 0.270. The van der Waals surface area contributed by atoms with E-state index in [-0.39, 0.29) is 38.0 Å². The van der Waals surface area contributed by atoms with E-state index in [1.54, 1.807) is 0 Å². The van der Waals surface area contributed by atoms with E-state index in [1.165, 1.54) is 0 Å². The van der Waals surface area contributed by atoms with Crippen molar-refractivity contribution in [3.8, 4) is 0 Å². The SMILES string of the molecule is [Ag].[OH][Cu][OH]. The van der Waals surface area contributed by atoms with Gasteiger partial charge in [-0.3, -0.25) is 0 Å². The number of rotatable bonds is 0. The molecule has 4 heavy (non-hydrogen) atoms. The minimum absolute atomic E-state index is 0. The molecule has 0 amide bonds. The van der Waals surface area contributed by atoms with Gasteiger partial charge in [-0.15, -0.1) is 0 Å². The van der Waals surface area contributed by atoms with Gasteiger partial charge in [0.1, 0.15) is 0 Å². The Balaban J connectivity index is 0. The number of hydrogen-bond acceptors (Lipinski definition) is 2. The van der Waals surface area contributed by atoms with Crippen molar-refractivity contribution in [2.45, 2.75) is 0 Å². The first-order chi connectivity index (χ1) is 1.41. The standard InChI is InChI=1S/Ag.Cu.2H2O/h;;2*1H2/q;+2;;/p-2. The molecule has 0 aliphatic rings. The summed E-state index contributed by atoms with van der Waals surface area (Å²) in [6.45, 7) is 0. The summed E-state index contributed by atoms with van der Waals surface area (Å²) in [6, 6.07) is 0. The Morgan fingerprint density at radius 2 is 1.25 bits per heavy atom. The molecule has 0 saturated carbocycles. The van der Waals surface area contributed by atoms with Gasteiger partial charge in [0.05, 0.1) is 0 Å². The van der Waals surface area contributed by atoms with Gasteiger partial charge in [0.15, 0.2) is 0 Å². The average molecular weight is 205 g/mol. The van der Waals surface area contributed by atoms with E-state index >= 15 is 0 Å². The zero-order valence-corrected chi connectivity index (χ0v) is 3.92. The van der Waals surface area contributed by atoms with E-state index in [4.69, 9.17) is 8.38 Å². The molecule has 0 aromatic carbocycles. The summed E-state index contributed by atoms with van der Waals surface area (Å²) in [5.74, 6) is 0. The fraction of sp³-hybridized carbons (Fsp3) is 0. The van der Waals surface area contributed by atoms with Crippen LogP contribution < -0.4 is 0 Å². The van der Waals surface area contributed by atoms with Gasteiger partial charge in [0, 0.05) is 22.4 Å². The molecular formula is H2AgCuO2. The van der Waals surface area contributed by atoms with Gasteiger partial charge in [0.25, 0.3) is 0 Å². The van der Waals surface area contributed by atoms with Crippen molar-refractivity contribution >= 4 is 0 Å². The van der Waals surface area contributed by atoms with Crippen LogP contribution in [0.25, 0.3) is 0 Å². The van der Waals surface area contributed by atoms with E-state index in [1.807, 2.05) is 0 Å². The van der Waals surface area contributed by atoms with Crippen LogP contribution >= 0.6 is 0 Å². The minimum atomic E-state index is -0.188. The first-order valence-corrected chi connectivity index (χ1v) is 1.11. The fourth-order valence-electron chi connectivity index (χ4n) is 0. The van der Waals surface area contributed by atoms with Gasteiger partial charge in [-0.05, 0) is 0 Å². The van der Waals surface area contributed by atoms with Crippen LogP contribution in [0, 0.1) is 0 Å². The van der Waals surface area contributed by atoms with Crippen LogP contribution in [0.1, 0.15) is 0 Å². The second-order valence-electron chi connectivity index (χ2n) is 0.0603. The Morgan fingerprint density at radius 3 is 1.25 bits per heavy atom. The van der Waals surface area contributed by atoms with E-state index in [0.29, 0.717) is 0 Å². The van der Waals surface area contributed by atoms with Gasteiger partial charge in [-0.25, -0.2) is 0 Å². The molecule has 0 aliphatic heterocycles. The summed E-state index contributed by atoms with van der Waals surface area (Å²) in [5, 5.41) is 0. The molecule has 2 nitrogen and oxygen atoms in total. The molecule has 0 rings (SSSR count). The zero-order chi connectivity index (χ0) is 2.71. The van der Waals surface area contributed by atoms with Crippen molar-refractivity contribution in [3.05, 3.63) is 0 Å². The topological polar surface area (TPSA) is 40.5 Å². The molecule has 1 radical (unpaired) electrons. The van der Waals surface area contributed by atoms with Crippen molar-refractivity contribution in [1.82, 2.24) is 0 Å². The summed E-state index contributed by atoms with van der Waals surface area (Å²) in [7, 11) is 0. The van der Waals surface area contributed by atoms with E-state index < -0.39 is 0 Å². The predicted molar refractivity (Wildman–Crippen MR) is 4.44 cm³/mol. The third-order valence-corrected chi connectivity index (χ3v) is 0. The van der Waals surface area contributed by atoms with Crippen molar-refractivity contribution in [2.75, 3.05) is 0 Å². The molecule has 2 N–H and O–H groups in total. The Bertz CT molecular complexity index is 6.00. The fourth-order valence-corrected chi connectivity index (χ4v) is 0. The maximum absolute atomic E-state index is 7.03. The summed E-state index contributed by atoms with van der Waals surface area (Å²) < 4.78 is 14.1. The number of hydrogen-bond donors (Lipinski definition) is 2. The molecule has 0 aliphatic carbocycles. The van der Waals surface area contributed by atoms with Crippen molar-refractivity contribution in [1.29, 1.82) is 0 Å². The Morgan fingerprint density at radius 1 is 1.25 bits per heavy atom. The Kier molecular flexibility index (Phi) is 19.9. The van der Waals surface area contributed by atoms with Crippen LogP contribution in [0.4, 0.5) is 0 Å².